The summed E-state index contributed by atoms with van der Waals surface area (Å²) in [5.41, 5.74) is 6.45. The number of carbonyl (C=O) groups is 1. The number of ether oxygens (including phenoxy) is 2. The van der Waals surface area contributed by atoms with E-state index in [1.54, 1.807) is 19.2 Å². The molecule has 0 aliphatic carbocycles. The van der Waals surface area contributed by atoms with Crippen molar-refractivity contribution in [2.45, 2.75) is 25.8 Å². The number of para-hydroxylation sites is 1. The quantitative estimate of drug-likeness (QED) is 0.567. The molecule has 0 bridgehead atoms. The van der Waals surface area contributed by atoms with Gasteiger partial charge in [0.2, 0.25) is 0 Å². The van der Waals surface area contributed by atoms with E-state index < -0.39 is 6.04 Å². The minimum Gasteiger partial charge on any atom is -0.493 e. The molecule has 0 aliphatic heterocycles. The van der Waals surface area contributed by atoms with E-state index in [1.165, 1.54) is 0 Å². The molecule has 4 heteroatoms. The van der Waals surface area contributed by atoms with Crippen molar-refractivity contribution < 1.29 is 14.3 Å². The van der Waals surface area contributed by atoms with E-state index in [4.69, 9.17) is 15.2 Å². The number of rotatable bonds is 8. The van der Waals surface area contributed by atoms with E-state index in [1.807, 2.05) is 19.1 Å². The number of carbonyl (C=O) groups excluding carboxylic acids is 1. The van der Waals surface area contributed by atoms with Crippen LogP contribution in [-0.2, 0) is 4.74 Å². The van der Waals surface area contributed by atoms with Gasteiger partial charge in [0.15, 0.2) is 5.78 Å². The highest BCUT2D eigenvalue weighted by atomic mass is 16.5. The van der Waals surface area contributed by atoms with Crippen LogP contribution in [0.3, 0.4) is 0 Å². The SMILES string of the molecule is CCOc1ccccc1C(=O)C(N)CCCOC. The Morgan fingerprint density at radius 2 is 2.11 bits per heavy atom. The van der Waals surface area contributed by atoms with Crippen molar-refractivity contribution in [1.29, 1.82) is 0 Å². The van der Waals surface area contributed by atoms with Gasteiger partial charge in [-0.2, -0.15) is 0 Å². The molecule has 0 fully saturated rings. The van der Waals surface area contributed by atoms with E-state index in [2.05, 4.69) is 0 Å². The molecule has 0 spiro atoms. The van der Waals surface area contributed by atoms with Gasteiger partial charge < -0.3 is 15.2 Å². The minimum absolute atomic E-state index is 0.0739. The Balaban J connectivity index is 2.70. The maximum absolute atomic E-state index is 12.2. The average Bonchev–Trinajstić information content (AvgIpc) is 2.39. The topological polar surface area (TPSA) is 61.5 Å². The van der Waals surface area contributed by atoms with Crippen molar-refractivity contribution in [2.24, 2.45) is 5.73 Å². The molecular formula is C14H21NO3. The van der Waals surface area contributed by atoms with Crippen molar-refractivity contribution in [1.82, 2.24) is 0 Å². The van der Waals surface area contributed by atoms with Crippen molar-refractivity contribution in [3.05, 3.63) is 29.8 Å². The van der Waals surface area contributed by atoms with Gasteiger partial charge in [-0.3, -0.25) is 4.79 Å². The number of hydrogen-bond donors (Lipinski definition) is 1. The third-order valence-electron chi connectivity index (χ3n) is 2.65. The highest BCUT2D eigenvalue weighted by Crippen LogP contribution is 2.20. The first-order chi connectivity index (χ1) is 8.70. The lowest BCUT2D eigenvalue weighted by Crippen LogP contribution is -2.31. The number of ketones is 1. The highest BCUT2D eigenvalue weighted by molar-refractivity contribution is 6.02. The van der Waals surface area contributed by atoms with E-state index in [-0.39, 0.29) is 5.78 Å². The Labute approximate surface area is 108 Å². The number of methoxy groups -OCH3 is 1. The fraction of sp³-hybridized carbons (Fsp3) is 0.500. The van der Waals surface area contributed by atoms with Crippen LogP contribution in [0.15, 0.2) is 24.3 Å². The number of benzene rings is 1. The van der Waals surface area contributed by atoms with Crippen LogP contribution in [0.4, 0.5) is 0 Å². The molecule has 1 aromatic carbocycles. The van der Waals surface area contributed by atoms with Gasteiger partial charge in [0.25, 0.3) is 0 Å². The summed E-state index contributed by atoms with van der Waals surface area (Å²) in [5, 5.41) is 0. The van der Waals surface area contributed by atoms with Crippen LogP contribution >= 0.6 is 0 Å². The molecule has 0 amide bonds. The average molecular weight is 251 g/mol. The molecule has 100 valence electrons. The molecule has 0 saturated heterocycles. The van der Waals surface area contributed by atoms with Crippen LogP contribution in [0.1, 0.15) is 30.1 Å². The lowest BCUT2D eigenvalue weighted by atomic mass is 10.0. The fourth-order valence-electron chi connectivity index (χ4n) is 1.73. The number of nitrogens with two attached hydrogens (primary N) is 1. The summed E-state index contributed by atoms with van der Waals surface area (Å²) in [6.45, 7) is 3.04. The zero-order valence-electron chi connectivity index (χ0n) is 11.0. The Hall–Kier alpha value is -1.39. The molecule has 1 unspecified atom stereocenters. The molecule has 18 heavy (non-hydrogen) atoms. The summed E-state index contributed by atoms with van der Waals surface area (Å²) in [5.74, 6) is 0.530. The number of Topliss-reactive ketones (excluding diaryl/α,β-unsaturated/α-hetero) is 1. The Kier molecular flexibility index (Phi) is 6.39. The normalized spacial score (nSPS) is 12.2. The van der Waals surface area contributed by atoms with Crippen LogP contribution in [-0.4, -0.2) is 32.1 Å². The van der Waals surface area contributed by atoms with Gasteiger partial charge in [-0.1, -0.05) is 12.1 Å². The molecule has 0 heterocycles. The van der Waals surface area contributed by atoms with Crippen molar-refractivity contribution in [3.8, 4) is 5.75 Å². The molecule has 2 N–H and O–H groups in total. The smallest absolute Gasteiger partial charge is 0.183 e. The van der Waals surface area contributed by atoms with E-state index >= 15 is 0 Å². The van der Waals surface area contributed by atoms with E-state index in [9.17, 15) is 4.79 Å². The summed E-state index contributed by atoms with van der Waals surface area (Å²) in [4.78, 5) is 12.2. The van der Waals surface area contributed by atoms with Gasteiger partial charge in [-0.15, -0.1) is 0 Å². The molecule has 1 atom stereocenters. The predicted octanol–water partition coefficient (Wildman–Crippen LogP) is 2.02. The first-order valence-electron chi connectivity index (χ1n) is 6.21. The molecule has 0 aliphatic rings. The molecule has 1 rings (SSSR count). The monoisotopic (exact) mass is 251 g/mol. The maximum atomic E-state index is 12.2. The fourth-order valence-corrected chi connectivity index (χ4v) is 1.73. The van der Waals surface area contributed by atoms with Gasteiger partial charge in [0.05, 0.1) is 18.2 Å². The summed E-state index contributed by atoms with van der Waals surface area (Å²) in [6.07, 6.45) is 1.40. The summed E-state index contributed by atoms with van der Waals surface area (Å²) >= 11 is 0. The summed E-state index contributed by atoms with van der Waals surface area (Å²) in [7, 11) is 1.64. The van der Waals surface area contributed by atoms with Gasteiger partial charge >= 0.3 is 0 Å². The van der Waals surface area contributed by atoms with E-state index in [0.29, 0.717) is 30.9 Å². The third-order valence-corrected chi connectivity index (χ3v) is 2.65. The predicted molar refractivity (Wildman–Crippen MR) is 71.0 cm³/mol. The van der Waals surface area contributed by atoms with Crippen molar-refractivity contribution >= 4 is 5.78 Å². The van der Waals surface area contributed by atoms with Gasteiger partial charge in [-0.25, -0.2) is 0 Å². The summed E-state index contributed by atoms with van der Waals surface area (Å²) in [6, 6.07) is 6.71. The lowest BCUT2D eigenvalue weighted by molar-refractivity contribution is 0.0946. The zero-order valence-corrected chi connectivity index (χ0v) is 11.0. The molecule has 1 aromatic rings. The Morgan fingerprint density at radius 1 is 1.39 bits per heavy atom. The van der Waals surface area contributed by atoms with Crippen LogP contribution in [0.5, 0.6) is 5.75 Å². The molecule has 0 aromatic heterocycles. The summed E-state index contributed by atoms with van der Waals surface area (Å²) < 4.78 is 10.4. The minimum atomic E-state index is -0.498. The Morgan fingerprint density at radius 3 is 2.78 bits per heavy atom. The second-order valence-corrected chi connectivity index (χ2v) is 4.03. The molecular weight excluding hydrogens is 230 g/mol. The molecule has 4 nitrogen and oxygen atoms in total. The highest BCUT2D eigenvalue weighted by Gasteiger charge is 2.18. The van der Waals surface area contributed by atoms with Crippen molar-refractivity contribution in [3.63, 3.8) is 0 Å². The molecule has 0 saturated carbocycles. The van der Waals surface area contributed by atoms with E-state index in [0.717, 1.165) is 6.42 Å². The second-order valence-electron chi connectivity index (χ2n) is 4.03. The van der Waals surface area contributed by atoms with Crippen LogP contribution in [0.2, 0.25) is 0 Å². The third kappa shape index (κ3) is 4.13. The first kappa shape index (κ1) is 14.7. The lowest BCUT2D eigenvalue weighted by Gasteiger charge is -2.13. The van der Waals surface area contributed by atoms with Crippen LogP contribution in [0, 0.1) is 0 Å². The van der Waals surface area contributed by atoms with Gasteiger partial charge in [0.1, 0.15) is 5.75 Å². The van der Waals surface area contributed by atoms with Crippen molar-refractivity contribution in [2.75, 3.05) is 20.3 Å². The van der Waals surface area contributed by atoms with Crippen LogP contribution < -0.4 is 10.5 Å². The second kappa shape index (κ2) is 7.84. The van der Waals surface area contributed by atoms with Gasteiger partial charge in [-0.05, 0) is 31.9 Å². The van der Waals surface area contributed by atoms with Crippen LogP contribution in [0.25, 0.3) is 0 Å². The Bertz CT molecular complexity index is 379. The number of hydrogen-bond acceptors (Lipinski definition) is 4. The largest absolute Gasteiger partial charge is 0.493 e. The molecule has 0 radical (unpaired) electrons. The standard InChI is InChI=1S/C14H21NO3/c1-3-18-13-9-5-4-7-11(13)14(16)12(15)8-6-10-17-2/h4-5,7,9,12H,3,6,8,10,15H2,1-2H3. The first-order valence-corrected chi connectivity index (χ1v) is 6.21. The maximum Gasteiger partial charge on any atom is 0.183 e. The van der Waals surface area contributed by atoms with Gasteiger partial charge in [0, 0.05) is 13.7 Å². The zero-order chi connectivity index (χ0) is 13.4.